The second-order valence-corrected chi connectivity index (χ2v) is 5.39. The molecule has 0 unspecified atom stereocenters. The van der Waals surface area contributed by atoms with Crippen LogP contribution in [-0.2, 0) is 13.6 Å². The molecule has 7 heteroatoms. The molecule has 0 atom stereocenters. The number of rotatable bonds is 3. The van der Waals surface area contributed by atoms with Gasteiger partial charge < -0.3 is 0 Å². The number of hydrogen-bond acceptors (Lipinski definition) is 4. The number of carbonyl (C=O) groups is 1. The van der Waals surface area contributed by atoms with Crippen LogP contribution < -0.4 is 16.7 Å². The van der Waals surface area contributed by atoms with E-state index in [4.69, 9.17) is 5.21 Å². The molecule has 1 amide bonds. The normalized spacial score (nSPS) is 10.8. The zero-order valence-electron chi connectivity index (χ0n) is 12.9. The van der Waals surface area contributed by atoms with Crippen molar-refractivity contribution >= 4 is 16.8 Å². The van der Waals surface area contributed by atoms with E-state index in [1.54, 1.807) is 54.0 Å². The fourth-order valence-electron chi connectivity index (χ4n) is 2.60. The van der Waals surface area contributed by atoms with Crippen molar-refractivity contribution in [3.05, 3.63) is 80.5 Å². The predicted molar refractivity (Wildman–Crippen MR) is 88.2 cm³/mol. The summed E-state index contributed by atoms with van der Waals surface area (Å²) in [6, 6.07) is 13.4. The van der Waals surface area contributed by atoms with Crippen LogP contribution in [0.1, 0.15) is 15.9 Å². The van der Waals surface area contributed by atoms with Crippen molar-refractivity contribution < 1.29 is 10.0 Å². The summed E-state index contributed by atoms with van der Waals surface area (Å²) in [7, 11) is 1.45. The summed E-state index contributed by atoms with van der Waals surface area (Å²) in [5, 5.41) is 9.10. The molecular weight excluding hydrogens is 310 g/mol. The van der Waals surface area contributed by atoms with Crippen molar-refractivity contribution in [1.29, 1.82) is 0 Å². The number of benzene rings is 2. The molecule has 122 valence electrons. The van der Waals surface area contributed by atoms with Crippen molar-refractivity contribution in [2.45, 2.75) is 6.54 Å². The van der Waals surface area contributed by atoms with Gasteiger partial charge in [0, 0.05) is 12.6 Å². The SMILES string of the molecule is Cn1c(=O)c2ccccc2n(Cc2ccc(C(=O)NO)cc2)c1=O. The highest BCUT2D eigenvalue weighted by molar-refractivity contribution is 5.93. The van der Waals surface area contributed by atoms with E-state index in [2.05, 4.69) is 0 Å². The molecule has 7 nitrogen and oxygen atoms in total. The molecule has 24 heavy (non-hydrogen) atoms. The Balaban J connectivity index is 2.09. The minimum atomic E-state index is -0.605. The summed E-state index contributed by atoms with van der Waals surface area (Å²) in [6.07, 6.45) is 0. The lowest BCUT2D eigenvalue weighted by Gasteiger charge is -2.12. The molecule has 0 aliphatic rings. The first-order valence-electron chi connectivity index (χ1n) is 7.25. The molecule has 0 aliphatic carbocycles. The van der Waals surface area contributed by atoms with Gasteiger partial charge >= 0.3 is 5.69 Å². The van der Waals surface area contributed by atoms with Crippen molar-refractivity contribution in [2.24, 2.45) is 7.05 Å². The first kappa shape index (κ1) is 15.7. The van der Waals surface area contributed by atoms with Gasteiger partial charge in [-0.15, -0.1) is 0 Å². The van der Waals surface area contributed by atoms with E-state index < -0.39 is 11.6 Å². The maximum Gasteiger partial charge on any atom is 0.331 e. The Bertz CT molecular complexity index is 1030. The van der Waals surface area contributed by atoms with Crippen LogP contribution in [0.5, 0.6) is 0 Å². The van der Waals surface area contributed by atoms with Crippen molar-refractivity contribution in [1.82, 2.24) is 14.6 Å². The Morgan fingerprint density at radius 2 is 1.75 bits per heavy atom. The number of amides is 1. The Hall–Kier alpha value is -3.19. The maximum atomic E-state index is 12.5. The van der Waals surface area contributed by atoms with Gasteiger partial charge in [-0.2, -0.15) is 0 Å². The van der Waals surface area contributed by atoms with E-state index in [0.717, 1.165) is 10.1 Å². The van der Waals surface area contributed by atoms with Gasteiger partial charge in [0.2, 0.25) is 0 Å². The molecule has 2 N–H and O–H groups in total. The van der Waals surface area contributed by atoms with E-state index in [1.807, 2.05) is 0 Å². The number of para-hydroxylation sites is 1. The molecule has 0 fully saturated rings. The zero-order chi connectivity index (χ0) is 17.3. The molecule has 3 aromatic rings. The smallest absolute Gasteiger partial charge is 0.289 e. The van der Waals surface area contributed by atoms with Crippen molar-refractivity contribution in [3.8, 4) is 0 Å². The van der Waals surface area contributed by atoms with E-state index in [9.17, 15) is 14.4 Å². The van der Waals surface area contributed by atoms with Gasteiger partial charge in [-0.25, -0.2) is 10.3 Å². The number of carbonyl (C=O) groups excluding carboxylic acids is 1. The van der Waals surface area contributed by atoms with Gasteiger partial charge in [0.05, 0.1) is 17.4 Å². The van der Waals surface area contributed by atoms with E-state index in [1.165, 1.54) is 11.6 Å². The first-order chi connectivity index (χ1) is 11.5. The summed E-state index contributed by atoms with van der Waals surface area (Å²) < 4.78 is 2.59. The summed E-state index contributed by atoms with van der Waals surface area (Å²) in [6.45, 7) is 0.258. The quantitative estimate of drug-likeness (QED) is 0.552. The third-order valence-corrected chi connectivity index (χ3v) is 3.91. The number of aromatic nitrogens is 2. The second-order valence-electron chi connectivity index (χ2n) is 5.39. The van der Waals surface area contributed by atoms with Crippen LogP contribution in [0.2, 0.25) is 0 Å². The van der Waals surface area contributed by atoms with Crippen LogP contribution in [0.3, 0.4) is 0 Å². The highest BCUT2D eigenvalue weighted by Gasteiger charge is 2.11. The molecule has 0 saturated heterocycles. The monoisotopic (exact) mass is 325 g/mol. The fraction of sp³-hybridized carbons (Fsp3) is 0.118. The van der Waals surface area contributed by atoms with Gasteiger partial charge in [-0.1, -0.05) is 24.3 Å². The first-order valence-corrected chi connectivity index (χ1v) is 7.25. The van der Waals surface area contributed by atoms with Crippen LogP contribution >= 0.6 is 0 Å². The van der Waals surface area contributed by atoms with Crippen LogP contribution in [0.4, 0.5) is 0 Å². The zero-order valence-corrected chi connectivity index (χ0v) is 12.9. The fourth-order valence-corrected chi connectivity index (χ4v) is 2.60. The van der Waals surface area contributed by atoms with Crippen LogP contribution in [0.15, 0.2) is 58.1 Å². The lowest BCUT2D eigenvalue weighted by atomic mass is 10.1. The molecule has 0 saturated carbocycles. The Morgan fingerprint density at radius 1 is 1.08 bits per heavy atom. The molecule has 1 heterocycles. The van der Waals surface area contributed by atoms with Gasteiger partial charge in [0.25, 0.3) is 11.5 Å². The second kappa shape index (κ2) is 6.13. The average Bonchev–Trinajstić information content (AvgIpc) is 2.63. The topological polar surface area (TPSA) is 93.3 Å². The number of fused-ring (bicyclic) bond motifs is 1. The Kier molecular flexibility index (Phi) is 4.01. The molecule has 3 rings (SSSR count). The highest BCUT2D eigenvalue weighted by Crippen LogP contribution is 2.11. The lowest BCUT2D eigenvalue weighted by molar-refractivity contribution is 0.0706. The molecule has 1 aromatic heterocycles. The summed E-state index contributed by atoms with van der Waals surface area (Å²) in [5.74, 6) is -0.605. The summed E-state index contributed by atoms with van der Waals surface area (Å²) in [5.41, 5.74) is 2.48. The number of nitrogens with one attached hydrogen (secondary N) is 1. The average molecular weight is 325 g/mol. The maximum absolute atomic E-state index is 12.5. The molecular formula is C17H15N3O4. The Labute approximate surface area is 136 Å². The lowest BCUT2D eigenvalue weighted by Crippen LogP contribution is -2.38. The standard InChI is InChI=1S/C17H15N3O4/c1-19-16(22)13-4-2-3-5-14(13)20(17(19)23)10-11-6-8-12(9-7-11)15(21)18-24/h2-9,24H,10H2,1H3,(H,18,21). The minimum absolute atomic E-state index is 0.258. The summed E-state index contributed by atoms with van der Waals surface area (Å²) >= 11 is 0. The Morgan fingerprint density at radius 3 is 2.42 bits per heavy atom. The minimum Gasteiger partial charge on any atom is -0.289 e. The van der Waals surface area contributed by atoms with Crippen molar-refractivity contribution in [3.63, 3.8) is 0 Å². The molecule has 2 aromatic carbocycles. The van der Waals surface area contributed by atoms with E-state index >= 15 is 0 Å². The molecule has 0 aliphatic heterocycles. The predicted octanol–water partition coefficient (Wildman–Crippen LogP) is 0.867. The number of nitrogens with zero attached hydrogens (tertiary/aromatic N) is 2. The van der Waals surface area contributed by atoms with E-state index in [0.29, 0.717) is 16.5 Å². The third-order valence-electron chi connectivity index (χ3n) is 3.91. The largest absolute Gasteiger partial charge is 0.331 e. The number of hydroxylamine groups is 1. The number of hydrogen-bond donors (Lipinski definition) is 2. The van der Waals surface area contributed by atoms with E-state index in [-0.39, 0.29) is 12.1 Å². The molecule has 0 radical (unpaired) electrons. The van der Waals surface area contributed by atoms with Gasteiger partial charge in [-0.05, 0) is 29.8 Å². The van der Waals surface area contributed by atoms with Gasteiger partial charge in [0.15, 0.2) is 0 Å². The third kappa shape index (κ3) is 2.61. The van der Waals surface area contributed by atoms with Crippen LogP contribution in [0.25, 0.3) is 10.9 Å². The summed E-state index contributed by atoms with van der Waals surface area (Å²) in [4.78, 5) is 36.0. The van der Waals surface area contributed by atoms with Gasteiger partial charge in [0.1, 0.15) is 0 Å². The molecule has 0 bridgehead atoms. The van der Waals surface area contributed by atoms with Crippen molar-refractivity contribution in [2.75, 3.05) is 0 Å². The van der Waals surface area contributed by atoms with Gasteiger partial charge in [-0.3, -0.25) is 23.9 Å². The van der Waals surface area contributed by atoms with Crippen LogP contribution in [-0.4, -0.2) is 20.2 Å². The molecule has 0 spiro atoms. The van der Waals surface area contributed by atoms with Crippen LogP contribution in [0, 0.1) is 0 Å². The highest BCUT2D eigenvalue weighted by atomic mass is 16.5.